The number of carbonyl (C=O) groups is 1. The minimum Gasteiger partial charge on any atom is -0.480 e. The number of hydrogen-bond acceptors (Lipinski definition) is 5. The van der Waals surface area contributed by atoms with E-state index < -0.39 is 12.0 Å². The van der Waals surface area contributed by atoms with Crippen LogP contribution in [0.1, 0.15) is 12.6 Å². The highest BCUT2D eigenvalue weighted by molar-refractivity contribution is 5.72. The summed E-state index contributed by atoms with van der Waals surface area (Å²) in [4.78, 5) is 19.2. The van der Waals surface area contributed by atoms with E-state index in [0.717, 1.165) is 18.9 Å². The van der Waals surface area contributed by atoms with Crippen LogP contribution in [0.5, 0.6) is 0 Å². The van der Waals surface area contributed by atoms with Crippen LogP contribution < -0.4 is 4.90 Å². The molecule has 100 valence electrons. The Bertz CT molecular complexity index is 504. The molecular formula is C13H16N4O2. The van der Waals surface area contributed by atoms with Crippen LogP contribution in [0, 0.1) is 11.3 Å². The Morgan fingerprint density at radius 1 is 1.42 bits per heavy atom. The molecule has 0 bridgehead atoms. The normalized spacial score (nSPS) is 17.8. The Balaban J connectivity index is 2.00. The zero-order chi connectivity index (χ0) is 13.8. The van der Waals surface area contributed by atoms with Crippen molar-refractivity contribution in [2.45, 2.75) is 13.0 Å². The topological polar surface area (TPSA) is 80.5 Å². The van der Waals surface area contributed by atoms with E-state index >= 15 is 0 Å². The van der Waals surface area contributed by atoms with Crippen LogP contribution in [-0.2, 0) is 4.79 Å². The van der Waals surface area contributed by atoms with E-state index in [1.807, 2.05) is 23.1 Å². The number of anilines is 1. The van der Waals surface area contributed by atoms with Gasteiger partial charge in [-0.1, -0.05) is 6.07 Å². The van der Waals surface area contributed by atoms with Crippen LogP contribution in [0.3, 0.4) is 0 Å². The van der Waals surface area contributed by atoms with Crippen LogP contribution in [0.4, 0.5) is 5.82 Å². The number of piperazine rings is 1. The quantitative estimate of drug-likeness (QED) is 0.854. The molecular weight excluding hydrogens is 244 g/mol. The summed E-state index contributed by atoms with van der Waals surface area (Å²) in [7, 11) is 0. The molecule has 1 N–H and O–H groups in total. The highest BCUT2D eigenvalue weighted by Gasteiger charge is 2.25. The van der Waals surface area contributed by atoms with Crippen LogP contribution in [0.25, 0.3) is 0 Å². The summed E-state index contributed by atoms with van der Waals surface area (Å²) in [6.45, 7) is 4.52. The van der Waals surface area contributed by atoms with Crippen molar-refractivity contribution in [2.24, 2.45) is 0 Å². The summed E-state index contributed by atoms with van der Waals surface area (Å²) in [5, 5.41) is 17.8. The SMILES string of the molecule is CC(C(=O)O)N1CCN(c2cccc(C#N)n2)CC1. The Kier molecular flexibility index (Phi) is 3.97. The molecule has 0 aromatic carbocycles. The van der Waals surface area contributed by atoms with Crippen molar-refractivity contribution >= 4 is 11.8 Å². The molecule has 6 heteroatoms. The number of nitriles is 1. The summed E-state index contributed by atoms with van der Waals surface area (Å²) in [6.07, 6.45) is 0. The second-order valence-electron chi connectivity index (χ2n) is 4.53. The molecule has 1 aliphatic heterocycles. The van der Waals surface area contributed by atoms with Crippen molar-refractivity contribution in [2.75, 3.05) is 31.1 Å². The van der Waals surface area contributed by atoms with Gasteiger partial charge in [-0.3, -0.25) is 9.69 Å². The molecule has 1 fully saturated rings. The van der Waals surface area contributed by atoms with Gasteiger partial charge in [-0.25, -0.2) is 4.98 Å². The van der Waals surface area contributed by atoms with Crippen LogP contribution >= 0.6 is 0 Å². The predicted octanol–water partition coefficient (Wildman–Crippen LogP) is 0.548. The maximum atomic E-state index is 10.9. The van der Waals surface area contributed by atoms with Gasteiger partial charge in [-0.15, -0.1) is 0 Å². The first-order valence-corrected chi connectivity index (χ1v) is 6.21. The van der Waals surface area contributed by atoms with E-state index in [0.29, 0.717) is 18.8 Å². The summed E-state index contributed by atoms with van der Waals surface area (Å²) in [5.74, 6) is -0.0141. The molecule has 2 rings (SSSR count). The number of nitrogens with zero attached hydrogens (tertiary/aromatic N) is 4. The van der Waals surface area contributed by atoms with Gasteiger partial charge >= 0.3 is 5.97 Å². The first kappa shape index (κ1) is 13.3. The highest BCUT2D eigenvalue weighted by Crippen LogP contribution is 2.15. The molecule has 19 heavy (non-hydrogen) atoms. The molecule has 2 heterocycles. The van der Waals surface area contributed by atoms with Crippen LogP contribution in [-0.4, -0.2) is 53.2 Å². The average Bonchev–Trinajstić information content (AvgIpc) is 2.46. The molecule has 6 nitrogen and oxygen atoms in total. The second-order valence-corrected chi connectivity index (χ2v) is 4.53. The molecule has 1 aromatic rings. The fourth-order valence-electron chi connectivity index (χ4n) is 2.16. The molecule has 0 aliphatic carbocycles. The fourth-order valence-corrected chi connectivity index (χ4v) is 2.16. The molecule has 1 saturated heterocycles. The highest BCUT2D eigenvalue weighted by atomic mass is 16.4. The number of aromatic nitrogens is 1. The number of rotatable bonds is 3. The van der Waals surface area contributed by atoms with Gasteiger partial charge in [0.15, 0.2) is 0 Å². The fraction of sp³-hybridized carbons (Fsp3) is 0.462. The third-order valence-electron chi connectivity index (χ3n) is 3.39. The third kappa shape index (κ3) is 3.01. The zero-order valence-corrected chi connectivity index (χ0v) is 10.8. The van der Waals surface area contributed by atoms with Crippen molar-refractivity contribution in [1.29, 1.82) is 5.26 Å². The monoisotopic (exact) mass is 260 g/mol. The van der Waals surface area contributed by atoms with Gasteiger partial charge in [0.05, 0.1) is 0 Å². The second kappa shape index (κ2) is 5.67. The number of hydrogen-bond donors (Lipinski definition) is 1. The zero-order valence-electron chi connectivity index (χ0n) is 10.8. The molecule has 1 atom stereocenters. The summed E-state index contributed by atoms with van der Waals surface area (Å²) >= 11 is 0. The Morgan fingerprint density at radius 3 is 2.68 bits per heavy atom. The van der Waals surface area contributed by atoms with Gasteiger partial charge < -0.3 is 10.0 Å². The van der Waals surface area contributed by atoms with E-state index in [9.17, 15) is 4.79 Å². The Hall–Kier alpha value is -2.13. The number of carboxylic acids is 1. The van der Waals surface area contributed by atoms with Gasteiger partial charge in [0.1, 0.15) is 23.6 Å². The van der Waals surface area contributed by atoms with Crippen LogP contribution in [0.2, 0.25) is 0 Å². The van der Waals surface area contributed by atoms with Crippen molar-refractivity contribution in [1.82, 2.24) is 9.88 Å². The Labute approximate surface area is 111 Å². The standard InChI is InChI=1S/C13H16N4O2/c1-10(13(18)19)16-5-7-17(8-6-16)12-4-2-3-11(9-14)15-12/h2-4,10H,5-8H2,1H3,(H,18,19). The Morgan fingerprint density at radius 2 is 2.11 bits per heavy atom. The number of carboxylic acid groups (broad SMARTS) is 1. The van der Waals surface area contributed by atoms with Gasteiger partial charge in [0.25, 0.3) is 0 Å². The molecule has 1 aromatic heterocycles. The van der Waals surface area contributed by atoms with Crippen molar-refractivity contribution < 1.29 is 9.90 Å². The largest absolute Gasteiger partial charge is 0.480 e. The van der Waals surface area contributed by atoms with E-state index in [4.69, 9.17) is 10.4 Å². The number of aliphatic carboxylic acids is 1. The average molecular weight is 260 g/mol. The maximum Gasteiger partial charge on any atom is 0.320 e. The minimum absolute atomic E-state index is 0.402. The van der Waals surface area contributed by atoms with Crippen molar-refractivity contribution in [3.05, 3.63) is 23.9 Å². The minimum atomic E-state index is -0.793. The lowest BCUT2D eigenvalue weighted by atomic mass is 10.2. The van der Waals surface area contributed by atoms with E-state index in [1.54, 1.807) is 13.0 Å². The van der Waals surface area contributed by atoms with Gasteiger partial charge in [0, 0.05) is 26.2 Å². The van der Waals surface area contributed by atoms with Gasteiger partial charge in [0.2, 0.25) is 0 Å². The molecule has 0 saturated carbocycles. The van der Waals surface area contributed by atoms with E-state index in [2.05, 4.69) is 9.88 Å². The lowest BCUT2D eigenvalue weighted by molar-refractivity contribution is -0.142. The first-order valence-electron chi connectivity index (χ1n) is 6.21. The lowest BCUT2D eigenvalue weighted by Crippen LogP contribution is -2.52. The van der Waals surface area contributed by atoms with E-state index in [1.165, 1.54) is 0 Å². The summed E-state index contributed by atoms with van der Waals surface area (Å²) in [6, 6.07) is 6.92. The first-order chi connectivity index (χ1) is 9.11. The summed E-state index contributed by atoms with van der Waals surface area (Å²) < 4.78 is 0. The molecule has 1 aliphatic rings. The van der Waals surface area contributed by atoms with E-state index in [-0.39, 0.29) is 0 Å². The van der Waals surface area contributed by atoms with Crippen molar-refractivity contribution in [3.63, 3.8) is 0 Å². The van der Waals surface area contributed by atoms with Crippen molar-refractivity contribution in [3.8, 4) is 6.07 Å². The summed E-state index contributed by atoms with van der Waals surface area (Å²) in [5.41, 5.74) is 0.402. The molecule has 0 amide bonds. The molecule has 0 spiro atoms. The van der Waals surface area contributed by atoms with Gasteiger partial charge in [-0.05, 0) is 19.1 Å². The van der Waals surface area contributed by atoms with Gasteiger partial charge in [-0.2, -0.15) is 5.26 Å². The number of pyridine rings is 1. The predicted molar refractivity (Wildman–Crippen MR) is 69.8 cm³/mol. The molecule has 1 unspecified atom stereocenters. The maximum absolute atomic E-state index is 10.9. The lowest BCUT2D eigenvalue weighted by Gasteiger charge is -2.37. The molecule has 0 radical (unpaired) electrons. The van der Waals surface area contributed by atoms with Crippen LogP contribution in [0.15, 0.2) is 18.2 Å². The third-order valence-corrected chi connectivity index (χ3v) is 3.39. The smallest absolute Gasteiger partial charge is 0.320 e.